The minimum atomic E-state index is -0.390. The van der Waals surface area contributed by atoms with Crippen LogP contribution in [0.4, 0.5) is 11.4 Å². The van der Waals surface area contributed by atoms with E-state index in [-0.39, 0.29) is 10.6 Å². The lowest BCUT2D eigenvalue weighted by Crippen LogP contribution is -2.44. The second kappa shape index (κ2) is 7.12. The summed E-state index contributed by atoms with van der Waals surface area (Å²) in [7, 11) is 0. The standard InChI is InChI=1S/C18H20N4O2/c1-15(16-7-9-18(10-8-16)22(23)24)19-21-13-11-20(12-14-21)17-5-3-2-4-6-17/h2-10H,11-14H2,1H3/b19-15-. The maximum Gasteiger partial charge on any atom is 0.269 e. The molecule has 6 nitrogen and oxygen atoms in total. The van der Waals surface area contributed by atoms with Gasteiger partial charge in [-0.3, -0.25) is 15.1 Å². The third-order valence-corrected chi connectivity index (χ3v) is 4.16. The molecule has 1 fully saturated rings. The molecule has 0 amide bonds. The van der Waals surface area contributed by atoms with Gasteiger partial charge < -0.3 is 4.90 Å². The Kier molecular flexibility index (Phi) is 4.74. The number of piperazine rings is 1. The minimum Gasteiger partial charge on any atom is -0.368 e. The van der Waals surface area contributed by atoms with E-state index in [1.54, 1.807) is 12.1 Å². The minimum absolute atomic E-state index is 0.100. The Hall–Kier alpha value is -2.89. The van der Waals surface area contributed by atoms with Crippen molar-refractivity contribution < 1.29 is 4.92 Å². The highest BCUT2D eigenvalue weighted by Gasteiger charge is 2.16. The highest BCUT2D eigenvalue weighted by molar-refractivity contribution is 5.98. The van der Waals surface area contributed by atoms with Crippen LogP contribution in [0.1, 0.15) is 12.5 Å². The Labute approximate surface area is 141 Å². The molecule has 1 saturated heterocycles. The Balaban J connectivity index is 1.62. The van der Waals surface area contributed by atoms with Crippen molar-refractivity contribution in [2.75, 3.05) is 31.1 Å². The summed E-state index contributed by atoms with van der Waals surface area (Å²) in [5, 5.41) is 17.4. The second-order valence-electron chi connectivity index (χ2n) is 5.77. The molecule has 0 saturated carbocycles. The molecule has 2 aromatic carbocycles. The maximum absolute atomic E-state index is 10.7. The van der Waals surface area contributed by atoms with Crippen LogP contribution in [0, 0.1) is 10.1 Å². The normalized spacial score (nSPS) is 15.5. The fourth-order valence-corrected chi connectivity index (χ4v) is 2.79. The monoisotopic (exact) mass is 324 g/mol. The van der Waals surface area contributed by atoms with E-state index in [2.05, 4.69) is 39.3 Å². The van der Waals surface area contributed by atoms with Gasteiger partial charge in [0.15, 0.2) is 0 Å². The van der Waals surface area contributed by atoms with Crippen LogP contribution >= 0.6 is 0 Å². The van der Waals surface area contributed by atoms with Crippen LogP contribution in [-0.4, -0.2) is 41.8 Å². The van der Waals surface area contributed by atoms with Crippen molar-refractivity contribution in [3.63, 3.8) is 0 Å². The molecule has 2 aromatic rings. The molecule has 0 aromatic heterocycles. The fraction of sp³-hybridized carbons (Fsp3) is 0.278. The predicted octanol–water partition coefficient (Wildman–Crippen LogP) is 3.14. The van der Waals surface area contributed by atoms with E-state index in [1.807, 2.05) is 13.0 Å². The van der Waals surface area contributed by atoms with E-state index < -0.39 is 0 Å². The smallest absolute Gasteiger partial charge is 0.269 e. The van der Waals surface area contributed by atoms with Crippen molar-refractivity contribution in [2.45, 2.75) is 6.92 Å². The number of nitrogens with zero attached hydrogens (tertiary/aromatic N) is 4. The van der Waals surface area contributed by atoms with Crippen LogP contribution < -0.4 is 4.90 Å². The number of benzene rings is 2. The van der Waals surface area contributed by atoms with Gasteiger partial charge in [0, 0.05) is 30.9 Å². The molecule has 1 aliphatic rings. The summed E-state index contributed by atoms with van der Waals surface area (Å²) >= 11 is 0. The lowest BCUT2D eigenvalue weighted by molar-refractivity contribution is -0.384. The first-order valence-corrected chi connectivity index (χ1v) is 7.98. The topological polar surface area (TPSA) is 62.0 Å². The number of non-ortho nitro benzene ring substituents is 1. The van der Waals surface area contributed by atoms with Crippen LogP contribution in [0.15, 0.2) is 59.7 Å². The van der Waals surface area contributed by atoms with Crippen molar-refractivity contribution >= 4 is 17.1 Å². The van der Waals surface area contributed by atoms with Crippen molar-refractivity contribution in [1.29, 1.82) is 0 Å². The Morgan fingerprint density at radius 2 is 1.62 bits per heavy atom. The number of rotatable bonds is 4. The zero-order valence-electron chi connectivity index (χ0n) is 13.6. The van der Waals surface area contributed by atoms with E-state index in [9.17, 15) is 10.1 Å². The molecule has 3 rings (SSSR count). The average molecular weight is 324 g/mol. The molecular weight excluding hydrogens is 304 g/mol. The quantitative estimate of drug-likeness (QED) is 0.492. The lowest BCUT2D eigenvalue weighted by Gasteiger charge is -2.34. The van der Waals surface area contributed by atoms with E-state index >= 15 is 0 Å². The highest BCUT2D eigenvalue weighted by Crippen LogP contribution is 2.17. The van der Waals surface area contributed by atoms with E-state index in [0.717, 1.165) is 37.5 Å². The van der Waals surface area contributed by atoms with Crippen molar-refractivity contribution in [3.05, 3.63) is 70.3 Å². The summed E-state index contributed by atoms with van der Waals surface area (Å²) in [6.07, 6.45) is 0. The van der Waals surface area contributed by atoms with Crippen LogP contribution in [0.5, 0.6) is 0 Å². The molecule has 1 heterocycles. The van der Waals surface area contributed by atoms with E-state index in [4.69, 9.17) is 0 Å². The number of hydrogen-bond acceptors (Lipinski definition) is 5. The molecule has 0 atom stereocenters. The molecule has 0 unspecified atom stereocenters. The van der Waals surface area contributed by atoms with Crippen LogP contribution in [0.3, 0.4) is 0 Å². The average Bonchev–Trinajstić information content (AvgIpc) is 2.63. The largest absolute Gasteiger partial charge is 0.368 e. The molecule has 0 aliphatic carbocycles. The summed E-state index contributed by atoms with van der Waals surface area (Å²) < 4.78 is 0. The predicted molar refractivity (Wildman–Crippen MR) is 95.5 cm³/mol. The summed E-state index contributed by atoms with van der Waals surface area (Å²) in [5.74, 6) is 0. The maximum atomic E-state index is 10.7. The molecule has 24 heavy (non-hydrogen) atoms. The Morgan fingerprint density at radius 3 is 2.21 bits per heavy atom. The highest BCUT2D eigenvalue weighted by atomic mass is 16.6. The molecular formula is C18H20N4O2. The number of nitro groups is 1. The zero-order chi connectivity index (χ0) is 16.9. The second-order valence-corrected chi connectivity index (χ2v) is 5.77. The summed E-state index contributed by atoms with van der Waals surface area (Å²) in [6.45, 7) is 5.52. The number of para-hydroxylation sites is 1. The first-order chi connectivity index (χ1) is 11.6. The summed E-state index contributed by atoms with van der Waals surface area (Å²) in [5.41, 5.74) is 3.13. The zero-order valence-corrected chi connectivity index (χ0v) is 13.6. The Bertz CT molecular complexity index is 720. The number of hydrogen-bond donors (Lipinski definition) is 0. The molecule has 124 valence electrons. The van der Waals surface area contributed by atoms with Gasteiger partial charge in [-0.15, -0.1) is 0 Å². The number of nitro benzene ring substituents is 1. The molecule has 0 N–H and O–H groups in total. The van der Waals surface area contributed by atoms with Gasteiger partial charge in [0.05, 0.1) is 23.7 Å². The van der Waals surface area contributed by atoms with Gasteiger partial charge in [-0.1, -0.05) is 18.2 Å². The van der Waals surface area contributed by atoms with Crippen molar-refractivity contribution in [3.8, 4) is 0 Å². The van der Waals surface area contributed by atoms with Gasteiger partial charge in [-0.05, 0) is 36.8 Å². The number of hydrazone groups is 1. The van der Waals surface area contributed by atoms with Gasteiger partial charge >= 0.3 is 0 Å². The van der Waals surface area contributed by atoms with Gasteiger partial charge in [0.1, 0.15) is 0 Å². The van der Waals surface area contributed by atoms with Crippen LogP contribution in [0.25, 0.3) is 0 Å². The van der Waals surface area contributed by atoms with Gasteiger partial charge in [0.25, 0.3) is 5.69 Å². The van der Waals surface area contributed by atoms with Crippen molar-refractivity contribution in [2.24, 2.45) is 5.10 Å². The fourth-order valence-electron chi connectivity index (χ4n) is 2.79. The molecule has 0 radical (unpaired) electrons. The van der Waals surface area contributed by atoms with E-state index in [0.29, 0.717) is 0 Å². The van der Waals surface area contributed by atoms with Gasteiger partial charge in [0.2, 0.25) is 0 Å². The van der Waals surface area contributed by atoms with E-state index in [1.165, 1.54) is 17.8 Å². The third-order valence-electron chi connectivity index (χ3n) is 4.16. The molecule has 6 heteroatoms. The van der Waals surface area contributed by atoms with Crippen LogP contribution in [-0.2, 0) is 0 Å². The Morgan fingerprint density at radius 1 is 1.00 bits per heavy atom. The molecule has 0 spiro atoms. The van der Waals surface area contributed by atoms with Crippen LogP contribution in [0.2, 0.25) is 0 Å². The molecule has 1 aliphatic heterocycles. The lowest BCUT2D eigenvalue weighted by atomic mass is 10.1. The van der Waals surface area contributed by atoms with Gasteiger partial charge in [-0.2, -0.15) is 5.10 Å². The first kappa shape index (κ1) is 16.0. The SMILES string of the molecule is C/C(=N/N1CCN(c2ccccc2)CC1)c1ccc([N+](=O)[O-])cc1. The summed E-state index contributed by atoms with van der Waals surface area (Å²) in [4.78, 5) is 12.7. The summed E-state index contributed by atoms with van der Waals surface area (Å²) in [6, 6.07) is 16.9. The number of anilines is 1. The van der Waals surface area contributed by atoms with Gasteiger partial charge in [-0.25, -0.2) is 0 Å². The third kappa shape index (κ3) is 3.71. The van der Waals surface area contributed by atoms with Crippen molar-refractivity contribution in [1.82, 2.24) is 5.01 Å². The first-order valence-electron chi connectivity index (χ1n) is 7.98. The molecule has 0 bridgehead atoms.